The van der Waals surface area contributed by atoms with Crippen LogP contribution in [0.4, 0.5) is 5.69 Å². The molecule has 104 valence electrons. The summed E-state index contributed by atoms with van der Waals surface area (Å²) in [6, 6.07) is 7.45. The van der Waals surface area contributed by atoms with Crippen molar-refractivity contribution in [2.24, 2.45) is 0 Å². The highest BCUT2D eigenvalue weighted by atomic mass is 16.4. The molecule has 1 aromatic heterocycles. The molecule has 2 aromatic rings. The van der Waals surface area contributed by atoms with Gasteiger partial charge in [0.1, 0.15) is 11.1 Å². The molecule has 2 heterocycles. The van der Waals surface area contributed by atoms with E-state index in [0.717, 1.165) is 24.2 Å². The molecule has 0 atom stereocenters. The van der Waals surface area contributed by atoms with Gasteiger partial charge in [-0.25, -0.2) is 4.79 Å². The smallest absolute Gasteiger partial charge is 0.347 e. The number of nitrogens with zero attached hydrogens (tertiary/aromatic N) is 1. The number of carbonyl (C=O) groups is 1. The predicted molar refractivity (Wildman–Crippen MR) is 78.6 cm³/mol. The fourth-order valence-electron chi connectivity index (χ4n) is 2.69. The van der Waals surface area contributed by atoms with E-state index < -0.39 is 5.63 Å². The predicted octanol–water partition coefficient (Wildman–Crippen LogP) is 2.99. The first-order valence-corrected chi connectivity index (χ1v) is 6.99. The molecule has 1 aliphatic heterocycles. The zero-order valence-corrected chi connectivity index (χ0v) is 11.5. The zero-order chi connectivity index (χ0) is 14.1. The van der Waals surface area contributed by atoms with E-state index in [4.69, 9.17) is 4.42 Å². The Labute approximate surface area is 117 Å². The van der Waals surface area contributed by atoms with E-state index in [-0.39, 0.29) is 11.3 Å². The van der Waals surface area contributed by atoms with Crippen LogP contribution in [0, 0.1) is 0 Å². The van der Waals surface area contributed by atoms with Gasteiger partial charge in [-0.1, -0.05) is 0 Å². The highest BCUT2D eigenvalue weighted by molar-refractivity contribution is 5.96. The fraction of sp³-hybridized carbons (Fsp3) is 0.375. The molecule has 0 N–H and O–H groups in total. The Morgan fingerprint density at radius 3 is 2.60 bits per heavy atom. The summed E-state index contributed by atoms with van der Waals surface area (Å²) in [7, 11) is 0. The van der Waals surface area contributed by atoms with E-state index in [1.165, 1.54) is 26.2 Å². The molecule has 0 aliphatic carbocycles. The van der Waals surface area contributed by atoms with Gasteiger partial charge < -0.3 is 9.32 Å². The largest absolute Gasteiger partial charge is 0.422 e. The maximum atomic E-state index is 11.8. The molecule has 3 rings (SSSR count). The summed E-state index contributed by atoms with van der Waals surface area (Å²) < 4.78 is 5.28. The van der Waals surface area contributed by atoms with E-state index in [1.54, 1.807) is 6.07 Å². The molecule has 1 saturated heterocycles. The number of Topliss-reactive ketones (excluding diaryl/α,β-unsaturated/α-hetero) is 1. The monoisotopic (exact) mass is 271 g/mol. The number of piperidine rings is 1. The molecular weight excluding hydrogens is 254 g/mol. The molecule has 20 heavy (non-hydrogen) atoms. The van der Waals surface area contributed by atoms with Gasteiger partial charge in [-0.05, 0) is 44.4 Å². The van der Waals surface area contributed by atoms with Crippen molar-refractivity contribution in [3.8, 4) is 0 Å². The van der Waals surface area contributed by atoms with Gasteiger partial charge in [0.25, 0.3) is 0 Å². The van der Waals surface area contributed by atoms with Crippen LogP contribution in [-0.2, 0) is 0 Å². The van der Waals surface area contributed by atoms with Crippen molar-refractivity contribution in [3.63, 3.8) is 0 Å². The minimum atomic E-state index is -0.555. The number of ketones is 1. The maximum Gasteiger partial charge on any atom is 0.347 e. The minimum Gasteiger partial charge on any atom is -0.422 e. The Morgan fingerprint density at radius 1 is 1.15 bits per heavy atom. The number of carbonyl (C=O) groups excluding carboxylic acids is 1. The lowest BCUT2D eigenvalue weighted by Crippen LogP contribution is -2.29. The highest BCUT2D eigenvalue weighted by Gasteiger charge is 2.13. The van der Waals surface area contributed by atoms with Crippen LogP contribution in [0.25, 0.3) is 11.0 Å². The minimum absolute atomic E-state index is 0.114. The van der Waals surface area contributed by atoms with Crippen LogP contribution < -0.4 is 10.5 Å². The number of rotatable bonds is 2. The van der Waals surface area contributed by atoms with Gasteiger partial charge in [0, 0.05) is 30.2 Å². The molecule has 4 nitrogen and oxygen atoms in total. The number of benzene rings is 1. The molecule has 4 heteroatoms. The van der Waals surface area contributed by atoms with Gasteiger partial charge in [0.15, 0.2) is 5.78 Å². The first-order chi connectivity index (χ1) is 9.65. The van der Waals surface area contributed by atoms with Gasteiger partial charge >= 0.3 is 5.63 Å². The molecule has 0 radical (unpaired) electrons. The second-order valence-corrected chi connectivity index (χ2v) is 5.27. The van der Waals surface area contributed by atoms with E-state index in [0.29, 0.717) is 5.58 Å². The van der Waals surface area contributed by atoms with Crippen molar-refractivity contribution in [1.82, 2.24) is 0 Å². The lowest BCUT2D eigenvalue weighted by atomic mass is 10.1. The van der Waals surface area contributed by atoms with Gasteiger partial charge in [-0.15, -0.1) is 0 Å². The summed E-state index contributed by atoms with van der Waals surface area (Å²) >= 11 is 0. The average molecular weight is 271 g/mol. The molecule has 0 amide bonds. The van der Waals surface area contributed by atoms with Crippen LogP contribution in [0.3, 0.4) is 0 Å². The zero-order valence-electron chi connectivity index (χ0n) is 11.5. The summed E-state index contributed by atoms with van der Waals surface area (Å²) in [6.07, 6.45) is 3.68. The summed E-state index contributed by atoms with van der Waals surface area (Å²) in [6.45, 7) is 3.46. The van der Waals surface area contributed by atoms with Gasteiger partial charge in [-0.3, -0.25) is 4.79 Å². The normalized spacial score (nSPS) is 15.6. The first kappa shape index (κ1) is 12.9. The van der Waals surface area contributed by atoms with Crippen molar-refractivity contribution in [1.29, 1.82) is 0 Å². The highest BCUT2D eigenvalue weighted by Crippen LogP contribution is 2.24. The fourth-order valence-corrected chi connectivity index (χ4v) is 2.69. The Bertz CT molecular complexity index is 711. The molecule has 0 bridgehead atoms. The Balaban J connectivity index is 2.05. The third-order valence-corrected chi connectivity index (χ3v) is 3.82. The molecule has 0 spiro atoms. The SMILES string of the molecule is CC(=O)c1cc2ccc(N3CCCCC3)cc2oc1=O. The van der Waals surface area contributed by atoms with Crippen molar-refractivity contribution >= 4 is 22.4 Å². The van der Waals surface area contributed by atoms with Crippen molar-refractivity contribution < 1.29 is 9.21 Å². The van der Waals surface area contributed by atoms with Crippen LogP contribution >= 0.6 is 0 Å². The molecule has 1 aromatic carbocycles. The van der Waals surface area contributed by atoms with Crippen molar-refractivity contribution in [2.45, 2.75) is 26.2 Å². The lowest BCUT2D eigenvalue weighted by molar-refractivity contribution is 0.101. The van der Waals surface area contributed by atoms with Crippen LogP contribution in [-0.4, -0.2) is 18.9 Å². The van der Waals surface area contributed by atoms with Gasteiger partial charge in [0.05, 0.1) is 0 Å². The Morgan fingerprint density at radius 2 is 1.90 bits per heavy atom. The lowest BCUT2D eigenvalue weighted by Gasteiger charge is -2.28. The molecule has 0 unspecified atom stereocenters. The van der Waals surface area contributed by atoms with Crippen molar-refractivity contribution in [3.05, 3.63) is 40.2 Å². The topological polar surface area (TPSA) is 50.5 Å². The number of hydrogen-bond donors (Lipinski definition) is 0. The van der Waals surface area contributed by atoms with E-state index in [1.807, 2.05) is 18.2 Å². The second-order valence-electron chi connectivity index (χ2n) is 5.27. The van der Waals surface area contributed by atoms with E-state index in [9.17, 15) is 9.59 Å². The summed E-state index contributed by atoms with van der Waals surface area (Å²) in [5.74, 6) is -0.263. The standard InChI is InChI=1S/C16H17NO3/c1-11(18)14-9-12-5-6-13(10-15(12)20-16(14)19)17-7-3-2-4-8-17/h5-6,9-10H,2-4,7-8H2,1H3. The van der Waals surface area contributed by atoms with E-state index in [2.05, 4.69) is 4.90 Å². The van der Waals surface area contributed by atoms with Gasteiger partial charge in [-0.2, -0.15) is 0 Å². The van der Waals surface area contributed by atoms with Crippen molar-refractivity contribution in [2.75, 3.05) is 18.0 Å². The molecular formula is C16H17NO3. The van der Waals surface area contributed by atoms with Crippen LogP contribution in [0.15, 0.2) is 33.5 Å². The number of anilines is 1. The quantitative estimate of drug-likeness (QED) is 0.622. The molecule has 0 saturated carbocycles. The summed E-state index contributed by atoms with van der Waals surface area (Å²) in [4.78, 5) is 25.4. The first-order valence-electron chi connectivity index (χ1n) is 6.99. The average Bonchev–Trinajstić information content (AvgIpc) is 2.46. The van der Waals surface area contributed by atoms with Crippen LogP contribution in [0.1, 0.15) is 36.5 Å². The van der Waals surface area contributed by atoms with Gasteiger partial charge in [0.2, 0.25) is 0 Å². The Hall–Kier alpha value is -2.10. The third kappa shape index (κ3) is 2.33. The summed E-state index contributed by atoms with van der Waals surface area (Å²) in [5, 5.41) is 0.788. The second kappa shape index (κ2) is 5.12. The number of hydrogen-bond acceptors (Lipinski definition) is 4. The molecule has 1 aliphatic rings. The third-order valence-electron chi connectivity index (χ3n) is 3.82. The van der Waals surface area contributed by atoms with E-state index >= 15 is 0 Å². The number of fused-ring (bicyclic) bond motifs is 1. The van der Waals surface area contributed by atoms with Crippen LogP contribution in [0.5, 0.6) is 0 Å². The van der Waals surface area contributed by atoms with Crippen LogP contribution in [0.2, 0.25) is 0 Å². The Kier molecular flexibility index (Phi) is 3.30. The maximum absolute atomic E-state index is 11.8. The summed E-state index contributed by atoms with van der Waals surface area (Å²) in [5.41, 5.74) is 1.18. The molecule has 1 fully saturated rings.